The predicted molar refractivity (Wildman–Crippen MR) is 86.8 cm³/mol. The number of nitrogens with one attached hydrogen (secondary N) is 2. The number of halogens is 1. The molecule has 1 amide bonds. The fourth-order valence-corrected chi connectivity index (χ4v) is 3.53. The van der Waals surface area contributed by atoms with Crippen LogP contribution in [0.5, 0.6) is 0 Å². The second kappa shape index (κ2) is 6.64. The largest absolute Gasteiger partial charge is 0.317 e. The summed E-state index contributed by atoms with van der Waals surface area (Å²) in [6, 6.07) is 3.48. The maximum absolute atomic E-state index is 12.1. The van der Waals surface area contributed by atoms with Crippen molar-refractivity contribution in [1.82, 2.24) is 15.3 Å². The Labute approximate surface area is 135 Å². The topological polar surface area (TPSA) is 66.9 Å². The van der Waals surface area contributed by atoms with Crippen LogP contribution in [-0.2, 0) is 0 Å². The number of piperidine rings is 1. The van der Waals surface area contributed by atoms with Gasteiger partial charge in [-0.05, 0) is 59.9 Å². The van der Waals surface area contributed by atoms with Gasteiger partial charge >= 0.3 is 0 Å². The van der Waals surface area contributed by atoms with Gasteiger partial charge in [-0.3, -0.25) is 10.1 Å². The van der Waals surface area contributed by atoms with Crippen LogP contribution in [0.25, 0.3) is 0 Å². The lowest BCUT2D eigenvalue weighted by molar-refractivity contribution is 0.102. The van der Waals surface area contributed by atoms with E-state index in [1.807, 2.05) is 6.20 Å². The van der Waals surface area contributed by atoms with E-state index < -0.39 is 0 Å². The molecule has 110 valence electrons. The normalized spacial score (nSPS) is 15.9. The molecule has 0 bridgehead atoms. The number of rotatable bonds is 3. The highest BCUT2D eigenvalue weighted by molar-refractivity contribution is 9.10. The molecule has 0 aliphatic carbocycles. The smallest absolute Gasteiger partial charge is 0.276 e. The maximum Gasteiger partial charge on any atom is 0.276 e. The van der Waals surface area contributed by atoms with Crippen molar-refractivity contribution in [2.75, 3.05) is 18.4 Å². The number of hydrogen-bond donors (Lipinski definition) is 2. The molecule has 5 nitrogen and oxygen atoms in total. The Balaban J connectivity index is 1.66. The zero-order chi connectivity index (χ0) is 14.7. The highest BCUT2D eigenvalue weighted by Crippen LogP contribution is 2.31. The van der Waals surface area contributed by atoms with Gasteiger partial charge in [0.15, 0.2) is 5.13 Å². The van der Waals surface area contributed by atoms with Crippen LogP contribution in [0.4, 0.5) is 5.13 Å². The van der Waals surface area contributed by atoms with E-state index in [0.29, 0.717) is 16.7 Å². The number of carbonyl (C=O) groups excluding carboxylic acids is 1. The molecule has 2 N–H and O–H groups in total. The fourth-order valence-electron chi connectivity index (χ4n) is 2.31. The van der Waals surface area contributed by atoms with Gasteiger partial charge < -0.3 is 5.32 Å². The summed E-state index contributed by atoms with van der Waals surface area (Å²) in [5.41, 5.74) is 0.386. The summed E-state index contributed by atoms with van der Waals surface area (Å²) in [6.45, 7) is 2.10. The minimum Gasteiger partial charge on any atom is -0.317 e. The van der Waals surface area contributed by atoms with E-state index in [-0.39, 0.29) is 5.91 Å². The number of nitrogens with zero attached hydrogens (tertiary/aromatic N) is 2. The molecule has 0 aromatic carbocycles. The van der Waals surface area contributed by atoms with Gasteiger partial charge in [-0.25, -0.2) is 9.97 Å². The molecule has 1 fully saturated rings. The molecule has 1 aliphatic rings. The number of anilines is 1. The number of hydrogen-bond acceptors (Lipinski definition) is 5. The summed E-state index contributed by atoms with van der Waals surface area (Å²) in [4.78, 5) is 21.7. The van der Waals surface area contributed by atoms with Crippen molar-refractivity contribution in [3.05, 3.63) is 39.6 Å². The Bertz CT molecular complexity index is 622. The maximum atomic E-state index is 12.1. The second-order valence-corrected chi connectivity index (χ2v) is 6.89. The summed E-state index contributed by atoms with van der Waals surface area (Å²) < 4.78 is 0.849. The van der Waals surface area contributed by atoms with E-state index in [1.54, 1.807) is 29.7 Å². The van der Waals surface area contributed by atoms with E-state index >= 15 is 0 Å². The zero-order valence-corrected chi connectivity index (χ0v) is 13.7. The zero-order valence-electron chi connectivity index (χ0n) is 11.3. The predicted octanol–water partition coefficient (Wildman–Crippen LogP) is 3.02. The molecule has 0 atom stereocenters. The lowest BCUT2D eigenvalue weighted by Crippen LogP contribution is -2.26. The summed E-state index contributed by atoms with van der Waals surface area (Å²) in [7, 11) is 0. The molecule has 2 aromatic rings. The summed E-state index contributed by atoms with van der Waals surface area (Å²) >= 11 is 4.86. The van der Waals surface area contributed by atoms with Gasteiger partial charge in [0.05, 0.1) is 0 Å². The third-order valence-corrected chi connectivity index (χ3v) is 4.99. The monoisotopic (exact) mass is 366 g/mol. The second-order valence-electron chi connectivity index (χ2n) is 4.91. The van der Waals surface area contributed by atoms with Crippen LogP contribution in [-0.4, -0.2) is 29.0 Å². The minimum atomic E-state index is -0.228. The molecule has 1 aliphatic heterocycles. The molecule has 7 heteroatoms. The molecule has 3 rings (SSSR count). The number of thiazole rings is 1. The minimum absolute atomic E-state index is 0.228. The first kappa shape index (κ1) is 14.6. The number of pyridine rings is 1. The summed E-state index contributed by atoms with van der Waals surface area (Å²) in [6.07, 6.45) is 5.75. The van der Waals surface area contributed by atoms with Crippen LogP contribution in [0.2, 0.25) is 0 Å². The Morgan fingerprint density at radius 2 is 2.10 bits per heavy atom. The van der Waals surface area contributed by atoms with Crippen molar-refractivity contribution in [2.45, 2.75) is 18.8 Å². The van der Waals surface area contributed by atoms with Gasteiger partial charge in [-0.2, -0.15) is 0 Å². The highest BCUT2D eigenvalue weighted by Gasteiger charge is 2.18. The molecule has 1 saturated heterocycles. The Morgan fingerprint density at radius 3 is 2.81 bits per heavy atom. The Hall–Kier alpha value is -1.31. The molecule has 0 spiro atoms. The van der Waals surface area contributed by atoms with Gasteiger partial charge in [0, 0.05) is 21.7 Å². The third kappa shape index (κ3) is 3.66. The van der Waals surface area contributed by atoms with Crippen molar-refractivity contribution >= 4 is 38.3 Å². The fraction of sp³-hybridized carbons (Fsp3) is 0.357. The van der Waals surface area contributed by atoms with Crippen LogP contribution < -0.4 is 10.6 Å². The van der Waals surface area contributed by atoms with Crippen molar-refractivity contribution in [3.63, 3.8) is 0 Å². The van der Waals surface area contributed by atoms with E-state index in [0.717, 1.165) is 30.4 Å². The van der Waals surface area contributed by atoms with Crippen molar-refractivity contribution in [2.24, 2.45) is 0 Å². The van der Waals surface area contributed by atoms with Gasteiger partial charge in [0.1, 0.15) is 5.69 Å². The third-order valence-electron chi connectivity index (χ3n) is 3.45. The van der Waals surface area contributed by atoms with Gasteiger partial charge in [-0.15, -0.1) is 11.3 Å². The van der Waals surface area contributed by atoms with Crippen molar-refractivity contribution in [3.8, 4) is 0 Å². The van der Waals surface area contributed by atoms with Gasteiger partial charge in [-0.1, -0.05) is 0 Å². The molecule has 0 radical (unpaired) electrons. The SMILES string of the molecule is O=C(Nc1ncc(C2CCNCC2)s1)c1ccc(Br)cn1. The molecular formula is C14H15BrN4OS. The van der Waals surface area contributed by atoms with E-state index in [4.69, 9.17) is 0 Å². The average Bonchev–Trinajstić information content (AvgIpc) is 2.97. The van der Waals surface area contributed by atoms with Crippen molar-refractivity contribution in [1.29, 1.82) is 0 Å². The van der Waals surface area contributed by atoms with Gasteiger partial charge in [0.2, 0.25) is 0 Å². The summed E-state index contributed by atoms with van der Waals surface area (Å²) in [5.74, 6) is 0.328. The standard InChI is InChI=1S/C14H15BrN4OS/c15-10-1-2-11(17-7-10)13(20)19-14-18-8-12(21-14)9-3-5-16-6-4-9/h1-2,7-9,16H,3-6H2,(H,18,19,20). The van der Waals surface area contributed by atoms with Crippen LogP contribution in [0.3, 0.4) is 0 Å². The van der Waals surface area contributed by atoms with Crippen molar-refractivity contribution < 1.29 is 4.79 Å². The van der Waals surface area contributed by atoms with Crippen LogP contribution >= 0.6 is 27.3 Å². The lowest BCUT2D eigenvalue weighted by atomic mass is 9.97. The number of amides is 1. The quantitative estimate of drug-likeness (QED) is 0.875. The van der Waals surface area contributed by atoms with Crippen LogP contribution in [0.1, 0.15) is 34.1 Å². The molecule has 0 saturated carbocycles. The number of carbonyl (C=O) groups is 1. The average molecular weight is 367 g/mol. The van der Waals surface area contributed by atoms with Crippen LogP contribution in [0, 0.1) is 0 Å². The Kier molecular flexibility index (Phi) is 4.62. The Morgan fingerprint density at radius 1 is 1.29 bits per heavy atom. The first-order valence-corrected chi connectivity index (χ1v) is 8.42. The molecule has 3 heterocycles. The highest BCUT2D eigenvalue weighted by atomic mass is 79.9. The van der Waals surface area contributed by atoms with Gasteiger partial charge in [0.25, 0.3) is 5.91 Å². The van der Waals surface area contributed by atoms with E-state index in [2.05, 4.69) is 36.5 Å². The van der Waals surface area contributed by atoms with E-state index in [1.165, 1.54) is 4.88 Å². The number of aromatic nitrogens is 2. The van der Waals surface area contributed by atoms with E-state index in [9.17, 15) is 4.79 Å². The summed E-state index contributed by atoms with van der Waals surface area (Å²) in [5, 5.41) is 6.80. The molecular weight excluding hydrogens is 352 g/mol. The molecule has 2 aromatic heterocycles. The molecule has 0 unspecified atom stereocenters. The first-order valence-electron chi connectivity index (χ1n) is 6.82. The lowest BCUT2D eigenvalue weighted by Gasteiger charge is -2.20. The first-order chi connectivity index (χ1) is 10.2. The molecule has 21 heavy (non-hydrogen) atoms. The van der Waals surface area contributed by atoms with Crippen LogP contribution in [0.15, 0.2) is 29.0 Å².